The molecule has 0 fully saturated rings. The minimum Gasteiger partial charge on any atom is -0.383 e. The molecule has 2 N–H and O–H groups in total. The number of carbonyl (C=O) groups excluding carboxylic acids is 1. The molecule has 1 aromatic carbocycles. The number of halogens is 1. The van der Waals surface area contributed by atoms with Crippen LogP contribution in [0.25, 0.3) is 0 Å². The van der Waals surface area contributed by atoms with Gasteiger partial charge < -0.3 is 15.4 Å². The van der Waals surface area contributed by atoms with Crippen LogP contribution in [0.3, 0.4) is 0 Å². The first-order valence-corrected chi connectivity index (χ1v) is 5.71. The van der Waals surface area contributed by atoms with Gasteiger partial charge in [-0.25, -0.2) is 0 Å². The van der Waals surface area contributed by atoms with Crippen LogP contribution in [0.1, 0.15) is 11.1 Å². The summed E-state index contributed by atoms with van der Waals surface area (Å²) in [4.78, 5) is 11.6. The summed E-state index contributed by atoms with van der Waals surface area (Å²) < 4.78 is 4.88. The van der Waals surface area contributed by atoms with E-state index in [-0.39, 0.29) is 18.3 Å². The van der Waals surface area contributed by atoms with Gasteiger partial charge in [0, 0.05) is 19.3 Å². The summed E-state index contributed by atoms with van der Waals surface area (Å²) in [6, 6.07) is 5.88. The predicted molar refractivity (Wildman–Crippen MR) is 76.5 cm³/mol. The molecule has 1 rings (SSSR count). The SMILES string of the molecule is COCCNCC(=O)Nc1cccc(C)c1C.Cl. The highest BCUT2D eigenvalue weighted by atomic mass is 35.5. The summed E-state index contributed by atoms with van der Waals surface area (Å²) in [7, 11) is 1.64. The van der Waals surface area contributed by atoms with Gasteiger partial charge in [0.1, 0.15) is 0 Å². The molecule has 0 aromatic heterocycles. The number of benzene rings is 1. The smallest absolute Gasteiger partial charge is 0.238 e. The van der Waals surface area contributed by atoms with Gasteiger partial charge in [-0.1, -0.05) is 12.1 Å². The lowest BCUT2D eigenvalue weighted by molar-refractivity contribution is -0.115. The molecule has 0 unspecified atom stereocenters. The number of amides is 1. The molecule has 0 aliphatic rings. The minimum atomic E-state index is -0.0326. The number of ether oxygens (including phenoxy) is 1. The van der Waals surface area contributed by atoms with Crippen LogP contribution < -0.4 is 10.6 Å². The fourth-order valence-corrected chi connectivity index (χ4v) is 1.46. The first-order chi connectivity index (χ1) is 8.15. The first-order valence-electron chi connectivity index (χ1n) is 5.71. The Hall–Kier alpha value is -1.10. The Kier molecular flexibility index (Phi) is 8.37. The Balaban J connectivity index is 0.00000289. The number of methoxy groups -OCH3 is 1. The lowest BCUT2D eigenvalue weighted by Crippen LogP contribution is -2.30. The fraction of sp³-hybridized carbons (Fsp3) is 0.462. The van der Waals surface area contributed by atoms with E-state index in [1.54, 1.807) is 7.11 Å². The van der Waals surface area contributed by atoms with Gasteiger partial charge in [-0.05, 0) is 31.0 Å². The van der Waals surface area contributed by atoms with Crippen LogP contribution in [-0.4, -0.2) is 32.7 Å². The summed E-state index contributed by atoms with van der Waals surface area (Å²) in [6.45, 7) is 5.62. The maximum Gasteiger partial charge on any atom is 0.238 e. The van der Waals surface area contributed by atoms with Crippen LogP contribution in [0.15, 0.2) is 18.2 Å². The number of rotatable bonds is 6. The van der Waals surface area contributed by atoms with Gasteiger partial charge in [0.05, 0.1) is 13.2 Å². The third-order valence-electron chi connectivity index (χ3n) is 2.65. The van der Waals surface area contributed by atoms with Crippen LogP contribution in [0, 0.1) is 13.8 Å². The van der Waals surface area contributed by atoms with Crippen molar-refractivity contribution < 1.29 is 9.53 Å². The van der Waals surface area contributed by atoms with Gasteiger partial charge in [-0.2, -0.15) is 0 Å². The molecule has 1 aromatic rings. The highest BCUT2D eigenvalue weighted by molar-refractivity contribution is 5.93. The van der Waals surface area contributed by atoms with E-state index in [4.69, 9.17) is 4.74 Å². The van der Waals surface area contributed by atoms with Crippen LogP contribution in [0.4, 0.5) is 5.69 Å². The zero-order valence-electron chi connectivity index (χ0n) is 11.1. The van der Waals surface area contributed by atoms with Gasteiger partial charge in [-0.15, -0.1) is 12.4 Å². The average molecular weight is 273 g/mol. The molecule has 0 saturated heterocycles. The van der Waals surface area contributed by atoms with Crippen LogP contribution in [0.2, 0.25) is 0 Å². The molecule has 0 spiro atoms. The second kappa shape index (κ2) is 8.91. The molecule has 0 bridgehead atoms. The molecule has 0 aliphatic heterocycles. The van der Waals surface area contributed by atoms with Crippen molar-refractivity contribution in [2.45, 2.75) is 13.8 Å². The zero-order valence-corrected chi connectivity index (χ0v) is 11.9. The van der Waals surface area contributed by atoms with E-state index in [0.29, 0.717) is 19.7 Å². The quantitative estimate of drug-likeness (QED) is 0.778. The second-order valence-corrected chi connectivity index (χ2v) is 3.97. The predicted octanol–water partition coefficient (Wildman–Crippen LogP) is 1.90. The largest absolute Gasteiger partial charge is 0.383 e. The molecule has 18 heavy (non-hydrogen) atoms. The molecule has 0 aliphatic carbocycles. The van der Waals surface area contributed by atoms with Crippen molar-refractivity contribution in [3.8, 4) is 0 Å². The van der Waals surface area contributed by atoms with Gasteiger partial charge in [0.15, 0.2) is 0 Å². The van der Waals surface area contributed by atoms with Crippen LogP contribution >= 0.6 is 12.4 Å². The van der Waals surface area contributed by atoms with Crippen molar-refractivity contribution in [2.75, 3.05) is 32.1 Å². The third kappa shape index (κ3) is 5.49. The Morgan fingerprint density at radius 1 is 1.33 bits per heavy atom. The maximum absolute atomic E-state index is 11.6. The van der Waals surface area contributed by atoms with Crippen LogP contribution in [-0.2, 0) is 9.53 Å². The van der Waals surface area contributed by atoms with Crippen LogP contribution in [0.5, 0.6) is 0 Å². The van der Waals surface area contributed by atoms with E-state index >= 15 is 0 Å². The Morgan fingerprint density at radius 3 is 2.72 bits per heavy atom. The lowest BCUT2D eigenvalue weighted by atomic mass is 10.1. The molecule has 0 radical (unpaired) electrons. The van der Waals surface area contributed by atoms with E-state index in [2.05, 4.69) is 10.6 Å². The molecule has 1 amide bonds. The number of hydrogen-bond acceptors (Lipinski definition) is 3. The summed E-state index contributed by atoms with van der Waals surface area (Å²) in [5.74, 6) is -0.0326. The molecular formula is C13H21ClN2O2. The number of carbonyl (C=O) groups is 1. The highest BCUT2D eigenvalue weighted by Gasteiger charge is 2.04. The standard InChI is InChI=1S/C13H20N2O2.ClH/c1-10-5-4-6-12(11(10)2)15-13(16)9-14-7-8-17-3;/h4-6,14H,7-9H2,1-3H3,(H,15,16);1H. The van der Waals surface area contributed by atoms with Crippen molar-refractivity contribution in [3.05, 3.63) is 29.3 Å². The number of hydrogen-bond donors (Lipinski definition) is 2. The van der Waals surface area contributed by atoms with Crippen molar-refractivity contribution >= 4 is 24.0 Å². The average Bonchev–Trinajstić information content (AvgIpc) is 2.31. The van der Waals surface area contributed by atoms with E-state index in [1.165, 1.54) is 5.56 Å². The summed E-state index contributed by atoms with van der Waals surface area (Å²) in [5.41, 5.74) is 3.16. The van der Waals surface area contributed by atoms with E-state index in [0.717, 1.165) is 11.3 Å². The van der Waals surface area contributed by atoms with E-state index < -0.39 is 0 Å². The summed E-state index contributed by atoms with van der Waals surface area (Å²) in [5, 5.41) is 5.89. The minimum absolute atomic E-state index is 0. The summed E-state index contributed by atoms with van der Waals surface area (Å²) >= 11 is 0. The lowest BCUT2D eigenvalue weighted by Gasteiger charge is -2.10. The van der Waals surface area contributed by atoms with Crippen molar-refractivity contribution in [3.63, 3.8) is 0 Å². The Labute approximate surface area is 115 Å². The van der Waals surface area contributed by atoms with Crippen molar-refractivity contribution in [2.24, 2.45) is 0 Å². The van der Waals surface area contributed by atoms with Crippen molar-refractivity contribution in [1.82, 2.24) is 5.32 Å². The Morgan fingerprint density at radius 2 is 2.06 bits per heavy atom. The van der Waals surface area contributed by atoms with E-state index in [9.17, 15) is 4.79 Å². The number of aryl methyl sites for hydroxylation is 1. The topological polar surface area (TPSA) is 50.4 Å². The molecule has 102 valence electrons. The monoisotopic (exact) mass is 272 g/mol. The maximum atomic E-state index is 11.6. The van der Waals surface area contributed by atoms with Gasteiger partial charge >= 0.3 is 0 Å². The van der Waals surface area contributed by atoms with Gasteiger partial charge in [0.2, 0.25) is 5.91 Å². The third-order valence-corrected chi connectivity index (χ3v) is 2.65. The Bertz CT molecular complexity index is 383. The summed E-state index contributed by atoms with van der Waals surface area (Å²) in [6.07, 6.45) is 0. The fourth-order valence-electron chi connectivity index (χ4n) is 1.46. The van der Waals surface area contributed by atoms with Gasteiger partial charge in [0.25, 0.3) is 0 Å². The van der Waals surface area contributed by atoms with Crippen molar-refractivity contribution in [1.29, 1.82) is 0 Å². The van der Waals surface area contributed by atoms with Gasteiger partial charge in [-0.3, -0.25) is 4.79 Å². The molecular weight excluding hydrogens is 252 g/mol. The molecule has 0 heterocycles. The molecule has 0 atom stereocenters. The number of anilines is 1. The van der Waals surface area contributed by atoms with E-state index in [1.807, 2.05) is 32.0 Å². The zero-order chi connectivity index (χ0) is 12.7. The normalized spacial score (nSPS) is 9.72. The second-order valence-electron chi connectivity index (χ2n) is 3.97. The number of nitrogens with one attached hydrogen (secondary N) is 2. The molecule has 0 saturated carbocycles. The first kappa shape index (κ1) is 16.9. The molecule has 4 nitrogen and oxygen atoms in total. The molecule has 5 heteroatoms. The highest BCUT2D eigenvalue weighted by Crippen LogP contribution is 2.17.